The van der Waals surface area contributed by atoms with Crippen molar-refractivity contribution in [2.75, 3.05) is 52.8 Å². The lowest BCUT2D eigenvalue weighted by atomic mass is 10.2. The van der Waals surface area contributed by atoms with Crippen LogP contribution in [0.3, 0.4) is 0 Å². The molecule has 24 heavy (non-hydrogen) atoms. The van der Waals surface area contributed by atoms with Gasteiger partial charge in [0, 0.05) is 39.0 Å². The summed E-state index contributed by atoms with van der Waals surface area (Å²) >= 11 is 0. The maximum atomic E-state index is 11.2. The van der Waals surface area contributed by atoms with Crippen molar-refractivity contribution in [3.8, 4) is 0 Å². The molecule has 2 N–H and O–H groups in total. The number of hydrogen-bond donors (Lipinski definition) is 2. The predicted octanol–water partition coefficient (Wildman–Crippen LogP) is 0.949. The Bertz CT molecular complexity index is 444. The molecule has 0 bridgehead atoms. The average Bonchev–Trinajstić information content (AvgIpc) is 2.45. The van der Waals surface area contributed by atoms with Crippen LogP contribution in [0.15, 0.2) is 4.99 Å². The third kappa shape index (κ3) is 15.4. The minimum absolute atomic E-state index is 0. The Balaban J connectivity index is 0. The first-order valence-electron chi connectivity index (χ1n) is 8.09. The lowest BCUT2D eigenvalue weighted by molar-refractivity contribution is 0.0548. The van der Waals surface area contributed by atoms with Crippen LogP contribution in [0.4, 0.5) is 0 Å². The Morgan fingerprint density at radius 1 is 1.29 bits per heavy atom. The molecule has 0 aromatic rings. The fraction of sp³-hybridized carbons (Fsp3) is 0.933. The van der Waals surface area contributed by atoms with Crippen molar-refractivity contribution in [2.45, 2.75) is 38.8 Å². The van der Waals surface area contributed by atoms with Crippen molar-refractivity contribution in [2.24, 2.45) is 4.99 Å². The van der Waals surface area contributed by atoms with E-state index in [1.54, 1.807) is 7.05 Å². The van der Waals surface area contributed by atoms with E-state index in [1.165, 1.54) is 6.26 Å². The fourth-order valence-electron chi connectivity index (χ4n) is 1.98. The van der Waals surface area contributed by atoms with Crippen molar-refractivity contribution in [3.63, 3.8) is 0 Å². The summed E-state index contributed by atoms with van der Waals surface area (Å²) in [6.07, 6.45) is 2.86. The van der Waals surface area contributed by atoms with Crippen LogP contribution in [-0.4, -0.2) is 84.3 Å². The third-order valence-corrected chi connectivity index (χ3v) is 4.30. The van der Waals surface area contributed by atoms with E-state index in [9.17, 15) is 8.42 Å². The number of guanidine groups is 1. The molecule has 2 unspecified atom stereocenters. The molecule has 2 atom stereocenters. The van der Waals surface area contributed by atoms with Gasteiger partial charge in [0.25, 0.3) is 0 Å². The van der Waals surface area contributed by atoms with Gasteiger partial charge in [0.15, 0.2) is 5.96 Å². The highest BCUT2D eigenvalue weighted by Crippen LogP contribution is 1.99. The summed E-state index contributed by atoms with van der Waals surface area (Å²) in [6, 6.07) is 0.0308. The van der Waals surface area contributed by atoms with E-state index in [2.05, 4.69) is 20.5 Å². The van der Waals surface area contributed by atoms with Gasteiger partial charge in [-0.3, -0.25) is 4.99 Å². The van der Waals surface area contributed by atoms with E-state index >= 15 is 0 Å². The third-order valence-electron chi connectivity index (χ3n) is 3.33. The smallest absolute Gasteiger partial charge is 0.191 e. The Kier molecular flexibility index (Phi) is 15.3. The van der Waals surface area contributed by atoms with Crippen molar-refractivity contribution in [3.05, 3.63) is 0 Å². The van der Waals surface area contributed by atoms with Crippen LogP contribution >= 0.6 is 24.0 Å². The lowest BCUT2D eigenvalue weighted by Gasteiger charge is -2.22. The van der Waals surface area contributed by atoms with Crippen molar-refractivity contribution < 1.29 is 13.2 Å². The first-order chi connectivity index (χ1) is 10.7. The summed E-state index contributed by atoms with van der Waals surface area (Å²) in [5, 5.41) is 6.46. The molecular formula is C15H35IN4O3S. The first kappa shape index (κ1) is 26.1. The van der Waals surface area contributed by atoms with Gasteiger partial charge in [-0.05, 0) is 40.8 Å². The second-order valence-electron chi connectivity index (χ2n) is 6.09. The van der Waals surface area contributed by atoms with Crippen LogP contribution in [0.1, 0.15) is 26.7 Å². The van der Waals surface area contributed by atoms with E-state index in [4.69, 9.17) is 4.74 Å². The van der Waals surface area contributed by atoms with Gasteiger partial charge in [0.1, 0.15) is 9.84 Å². The highest BCUT2D eigenvalue weighted by Gasteiger charge is 2.12. The molecule has 0 spiro atoms. The van der Waals surface area contributed by atoms with Crippen LogP contribution in [0.25, 0.3) is 0 Å². The summed E-state index contributed by atoms with van der Waals surface area (Å²) in [7, 11) is 2.85. The number of sulfone groups is 1. The second-order valence-corrected chi connectivity index (χ2v) is 8.35. The molecule has 0 aromatic heterocycles. The molecule has 0 aliphatic heterocycles. The van der Waals surface area contributed by atoms with Gasteiger partial charge in [-0.1, -0.05) is 0 Å². The van der Waals surface area contributed by atoms with Crippen LogP contribution < -0.4 is 10.6 Å². The number of aliphatic imine (C=N–C) groups is 1. The molecule has 0 rings (SSSR count). The number of nitrogens with zero attached hydrogens (tertiary/aromatic N) is 2. The maximum Gasteiger partial charge on any atom is 0.191 e. The van der Waals surface area contributed by atoms with Crippen molar-refractivity contribution in [1.82, 2.24) is 15.5 Å². The molecule has 7 nitrogen and oxygen atoms in total. The molecule has 0 saturated heterocycles. The van der Waals surface area contributed by atoms with Gasteiger partial charge in [-0.2, -0.15) is 0 Å². The topological polar surface area (TPSA) is 83.0 Å². The van der Waals surface area contributed by atoms with Crippen LogP contribution in [0, 0.1) is 0 Å². The summed E-state index contributed by atoms with van der Waals surface area (Å²) in [5.74, 6) is 0.836. The zero-order valence-corrected chi connectivity index (χ0v) is 19.0. The monoisotopic (exact) mass is 478 g/mol. The van der Waals surface area contributed by atoms with Gasteiger partial charge in [0.05, 0.1) is 11.9 Å². The van der Waals surface area contributed by atoms with Gasteiger partial charge in [0.2, 0.25) is 0 Å². The molecule has 9 heteroatoms. The number of ether oxygens (including phenoxy) is 1. The van der Waals surface area contributed by atoms with Crippen molar-refractivity contribution >= 4 is 39.8 Å². The molecule has 0 amide bonds. The SMILES string of the molecule is CCOC(CCN(C)C)CNC(=NC)NC(C)CCS(C)(=O)=O.I. The fourth-order valence-corrected chi connectivity index (χ4v) is 2.77. The summed E-state index contributed by atoms with van der Waals surface area (Å²) < 4.78 is 28.2. The quantitative estimate of drug-likeness (QED) is 0.262. The Morgan fingerprint density at radius 2 is 1.92 bits per heavy atom. The molecule has 0 saturated carbocycles. The van der Waals surface area contributed by atoms with Gasteiger partial charge < -0.3 is 20.3 Å². The molecule has 0 aliphatic rings. The van der Waals surface area contributed by atoms with Crippen LogP contribution in [-0.2, 0) is 14.6 Å². The number of rotatable bonds is 11. The number of hydrogen-bond acceptors (Lipinski definition) is 5. The maximum absolute atomic E-state index is 11.2. The Labute approximate surface area is 164 Å². The summed E-state index contributed by atoms with van der Waals surface area (Å²) in [4.78, 5) is 6.31. The molecule has 146 valence electrons. The van der Waals surface area contributed by atoms with E-state index in [-0.39, 0.29) is 41.9 Å². The lowest BCUT2D eigenvalue weighted by Crippen LogP contribution is -2.46. The molecular weight excluding hydrogens is 443 g/mol. The number of halogens is 1. The number of nitrogens with one attached hydrogen (secondary N) is 2. The standard InChI is InChI=1S/C15H34N4O3S.HI/c1-7-22-14(8-10-19(4)5)12-17-15(16-3)18-13(2)9-11-23(6,20)21;/h13-14H,7-12H2,1-6H3,(H2,16,17,18);1H. The van der Waals surface area contributed by atoms with Crippen molar-refractivity contribution in [1.29, 1.82) is 0 Å². The first-order valence-corrected chi connectivity index (χ1v) is 10.1. The van der Waals surface area contributed by atoms with Gasteiger partial charge in [-0.25, -0.2) is 8.42 Å². The predicted molar refractivity (Wildman–Crippen MR) is 112 cm³/mol. The molecule has 0 radical (unpaired) electrons. The Hall–Kier alpha value is -0.130. The normalized spacial score (nSPS) is 14.9. The van der Waals surface area contributed by atoms with E-state index in [0.29, 0.717) is 25.5 Å². The Morgan fingerprint density at radius 3 is 2.38 bits per heavy atom. The van der Waals surface area contributed by atoms with E-state index in [0.717, 1.165) is 13.0 Å². The van der Waals surface area contributed by atoms with E-state index in [1.807, 2.05) is 27.9 Å². The van der Waals surface area contributed by atoms with Crippen LogP contribution in [0.2, 0.25) is 0 Å². The minimum atomic E-state index is -2.94. The highest BCUT2D eigenvalue weighted by molar-refractivity contribution is 14.0. The minimum Gasteiger partial charge on any atom is -0.377 e. The second kappa shape index (κ2) is 14.1. The molecule has 0 heterocycles. The van der Waals surface area contributed by atoms with Gasteiger partial charge in [-0.15, -0.1) is 24.0 Å². The van der Waals surface area contributed by atoms with Crippen LogP contribution in [0.5, 0.6) is 0 Å². The molecule has 0 aromatic carbocycles. The van der Waals surface area contributed by atoms with E-state index < -0.39 is 9.84 Å². The average molecular weight is 478 g/mol. The zero-order chi connectivity index (χ0) is 17.9. The molecule has 0 aliphatic carbocycles. The molecule has 0 fully saturated rings. The largest absolute Gasteiger partial charge is 0.377 e. The summed E-state index contributed by atoms with van der Waals surface area (Å²) in [6.45, 7) is 6.24. The highest BCUT2D eigenvalue weighted by atomic mass is 127. The summed E-state index contributed by atoms with van der Waals surface area (Å²) in [5.41, 5.74) is 0. The zero-order valence-electron chi connectivity index (χ0n) is 15.8. The van der Waals surface area contributed by atoms with Gasteiger partial charge >= 0.3 is 0 Å².